The van der Waals surface area contributed by atoms with Crippen molar-refractivity contribution in [1.29, 1.82) is 0 Å². The van der Waals surface area contributed by atoms with Gasteiger partial charge >= 0.3 is 0 Å². The van der Waals surface area contributed by atoms with E-state index < -0.39 is 0 Å². The van der Waals surface area contributed by atoms with E-state index in [1.165, 1.54) is 16.9 Å². The highest BCUT2D eigenvalue weighted by molar-refractivity contribution is 7.12. The van der Waals surface area contributed by atoms with E-state index in [9.17, 15) is 4.79 Å². The molecule has 25 heavy (non-hydrogen) atoms. The van der Waals surface area contributed by atoms with E-state index in [4.69, 9.17) is 4.74 Å². The number of aryl methyl sites for hydroxylation is 1. The molecule has 0 unspecified atom stereocenters. The first-order valence-electron chi connectivity index (χ1n) is 8.39. The molecule has 1 aromatic heterocycles. The first kappa shape index (κ1) is 15.9. The summed E-state index contributed by atoms with van der Waals surface area (Å²) in [6, 6.07) is 18.2. The van der Waals surface area contributed by atoms with E-state index in [0.29, 0.717) is 6.61 Å². The van der Waals surface area contributed by atoms with Crippen molar-refractivity contribution >= 4 is 17.2 Å². The summed E-state index contributed by atoms with van der Waals surface area (Å²) in [6.07, 6.45) is 0.786. The first-order valence-corrected chi connectivity index (χ1v) is 9.27. The lowest BCUT2D eigenvalue weighted by molar-refractivity contribution is 0.0929. The maximum Gasteiger partial charge on any atom is 0.262 e. The number of amides is 1. The lowest BCUT2D eigenvalue weighted by Gasteiger charge is -2.26. The van der Waals surface area contributed by atoms with Crippen LogP contribution in [-0.4, -0.2) is 12.5 Å². The van der Waals surface area contributed by atoms with Crippen molar-refractivity contribution in [3.05, 3.63) is 76.0 Å². The molecule has 0 aliphatic carbocycles. The number of para-hydroxylation sites is 1. The van der Waals surface area contributed by atoms with Gasteiger partial charge in [-0.15, -0.1) is 11.3 Å². The number of carbonyl (C=O) groups is 1. The highest BCUT2D eigenvalue weighted by Gasteiger charge is 2.24. The van der Waals surface area contributed by atoms with Crippen LogP contribution in [0.5, 0.6) is 5.75 Å². The van der Waals surface area contributed by atoms with Gasteiger partial charge in [-0.25, -0.2) is 0 Å². The third-order valence-electron chi connectivity index (χ3n) is 4.50. The van der Waals surface area contributed by atoms with Gasteiger partial charge in [0.2, 0.25) is 0 Å². The molecule has 1 atom stereocenters. The maximum atomic E-state index is 12.9. The molecular weight excluding hydrogens is 330 g/mol. The minimum absolute atomic E-state index is 0.00887. The Labute approximate surface area is 151 Å². The molecule has 1 aliphatic rings. The van der Waals surface area contributed by atoms with Gasteiger partial charge in [0.05, 0.1) is 17.5 Å². The lowest BCUT2D eigenvalue weighted by atomic mass is 10.00. The second kappa shape index (κ2) is 6.73. The Morgan fingerprint density at radius 3 is 2.76 bits per heavy atom. The van der Waals surface area contributed by atoms with Crippen LogP contribution in [0.1, 0.15) is 33.3 Å². The number of thiophene rings is 1. The fraction of sp³-hybridized carbons (Fsp3) is 0.190. The van der Waals surface area contributed by atoms with E-state index in [1.54, 1.807) is 0 Å². The van der Waals surface area contributed by atoms with Crippen LogP contribution in [-0.2, 0) is 0 Å². The maximum absolute atomic E-state index is 12.9. The predicted octanol–water partition coefficient (Wildman–Crippen LogP) is 4.98. The molecule has 0 saturated heterocycles. The number of nitrogens with one attached hydrogen (secondary N) is 1. The molecule has 2 aromatic carbocycles. The molecule has 2 heterocycles. The topological polar surface area (TPSA) is 38.3 Å². The molecule has 4 rings (SSSR count). The van der Waals surface area contributed by atoms with Crippen LogP contribution < -0.4 is 10.1 Å². The molecule has 3 aromatic rings. The van der Waals surface area contributed by atoms with Gasteiger partial charge in [0.1, 0.15) is 5.75 Å². The van der Waals surface area contributed by atoms with Crippen molar-refractivity contribution < 1.29 is 9.53 Å². The average Bonchev–Trinajstić information content (AvgIpc) is 3.12. The highest BCUT2D eigenvalue weighted by Crippen LogP contribution is 2.33. The van der Waals surface area contributed by atoms with Gasteiger partial charge in [0, 0.05) is 17.5 Å². The summed E-state index contributed by atoms with van der Waals surface area (Å²) >= 11 is 1.48. The average molecular weight is 349 g/mol. The standard InChI is InChI=1S/C21H19NO2S/c1-14-6-8-15(9-7-14)16-11-13-25-20(16)21(23)22-18-10-12-24-19-5-3-2-4-17(18)19/h2-9,11,13,18H,10,12H2,1H3,(H,22,23)/t18-/m0/s1. The minimum atomic E-state index is -0.0210. The van der Waals surface area contributed by atoms with Crippen molar-refractivity contribution in [1.82, 2.24) is 5.32 Å². The first-order chi connectivity index (χ1) is 12.2. The Morgan fingerprint density at radius 2 is 1.92 bits per heavy atom. The molecule has 0 saturated carbocycles. The third-order valence-corrected chi connectivity index (χ3v) is 5.41. The van der Waals surface area contributed by atoms with E-state index in [1.807, 2.05) is 35.7 Å². The summed E-state index contributed by atoms with van der Waals surface area (Å²) in [6.45, 7) is 2.69. The van der Waals surface area contributed by atoms with E-state index in [0.717, 1.165) is 33.7 Å². The molecule has 1 amide bonds. The van der Waals surface area contributed by atoms with Crippen molar-refractivity contribution in [3.8, 4) is 16.9 Å². The number of ether oxygens (including phenoxy) is 1. The van der Waals surface area contributed by atoms with Crippen molar-refractivity contribution in [3.63, 3.8) is 0 Å². The number of benzene rings is 2. The summed E-state index contributed by atoms with van der Waals surface area (Å²) in [7, 11) is 0. The Morgan fingerprint density at radius 1 is 1.12 bits per heavy atom. The summed E-state index contributed by atoms with van der Waals surface area (Å²) < 4.78 is 5.68. The molecule has 0 fully saturated rings. The van der Waals surface area contributed by atoms with Gasteiger partial charge in [-0.05, 0) is 30.0 Å². The minimum Gasteiger partial charge on any atom is -0.493 e. The van der Waals surface area contributed by atoms with E-state index in [2.05, 4.69) is 36.5 Å². The van der Waals surface area contributed by atoms with Crippen LogP contribution in [0, 0.1) is 6.92 Å². The van der Waals surface area contributed by atoms with Gasteiger partial charge in [0.15, 0.2) is 0 Å². The third kappa shape index (κ3) is 3.17. The van der Waals surface area contributed by atoms with Gasteiger partial charge < -0.3 is 10.1 Å². The summed E-state index contributed by atoms with van der Waals surface area (Å²) in [5.41, 5.74) is 4.33. The van der Waals surface area contributed by atoms with E-state index >= 15 is 0 Å². The van der Waals surface area contributed by atoms with Crippen LogP contribution in [0.2, 0.25) is 0 Å². The van der Waals surface area contributed by atoms with E-state index in [-0.39, 0.29) is 11.9 Å². The summed E-state index contributed by atoms with van der Waals surface area (Å²) in [5, 5.41) is 5.16. The molecule has 3 nitrogen and oxygen atoms in total. The normalized spacial score (nSPS) is 16.0. The number of carbonyl (C=O) groups excluding carboxylic acids is 1. The lowest BCUT2D eigenvalue weighted by Crippen LogP contribution is -2.31. The monoisotopic (exact) mass is 349 g/mol. The zero-order chi connectivity index (χ0) is 17.2. The molecule has 4 heteroatoms. The van der Waals surface area contributed by atoms with Gasteiger partial charge in [-0.3, -0.25) is 4.79 Å². The Kier molecular flexibility index (Phi) is 4.28. The van der Waals surface area contributed by atoms with Crippen LogP contribution in [0.4, 0.5) is 0 Å². The number of hydrogen-bond acceptors (Lipinski definition) is 3. The van der Waals surface area contributed by atoms with Crippen LogP contribution >= 0.6 is 11.3 Å². The smallest absolute Gasteiger partial charge is 0.262 e. The number of hydrogen-bond donors (Lipinski definition) is 1. The molecule has 0 spiro atoms. The van der Waals surface area contributed by atoms with Crippen LogP contribution in [0.25, 0.3) is 11.1 Å². The predicted molar refractivity (Wildman–Crippen MR) is 101 cm³/mol. The fourth-order valence-corrected chi connectivity index (χ4v) is 3.98. The number of rotatable bonds is 3. The van der Waals surface area contributed by atoms with Crippen LogP contribution in [0.15, 0.2) is 60.0 Å². The Hall–Kier alpha value is -2.59. The van der Waals surface area contributed by atoms with Gasteiger partial charge in [0.25, 0.3) is 5.91 Å². The van der Waals surface area contributed by atoms with Gasteiger partial charge in [-0.1, -0.05) is 48.0 Å². The molecule has 126 valence electrons. The number of fused-ring (bicyclic) bond motifs is 1. The molecule has 0 bridgehead atoms. The summed E-state index contributed by atoms with van der Waals surface area (Å²) in [4.78, 5) is 13.7. The second-order valence-corrected chi connectivity index (χ2v) is 7.15. The summed E-state index contributed by atoms with van der Waals surface area (Å²) in [5.74, 6) is 0.844. The Bertz CT molecular complexity index is 898. The van der Waals surface area contributed by atoms with Crippen molar-refractivity contribution in [2.45, 2.75) is 19.4 Å². The molecule has 1 N–H and O–H groups in total. The zero-order valence-corrected chi connectivity index (χ0v) is 14.8. The molecule has 1 aliphatic heterocycles. The largest absolute Gasteiger partial charge is 0.493 e. The second-order valence-electron chi connectivity index (χ2n) is 6.23. The SMILES string of the molecule is Cc1ccc(-c2ccsc2C(=O)N[C@H]2CCOc3ccccc32)cc1. The fourth-order valence-electron chi connectivity index (χ4n) is 3.16. The van der Waals surface area contributed by atoms with Gasteiger partial charge in [-0.2, -0.15) is 0 Å². The van der Waals surface area contributed by atoms with Crippen LogP contribution in [0.3, 0.4) is 0 Å². The highest BCUT2D eigenvalue weighted by atomic mass is 32.1. The Balaban J connectivity index is 1.59. The molecule has 0 radical (unpaired) electrons. The van der Waals surface area contributed by atoms with Crippen molar-refractivity contribution in [2.75, 3.05) is 6.61 Å². The van der Waals surface area contributed by atoms with Crippen molar-refractivity contribution in [2.24, 2.45) is 0 Å². The zero-order valence-electron chi connectivity index (χ0n) is 14.0. The molecular formula is C21H19NO2S. The quantitative estimate of drug-likeness (QED) is 0.724.